The van der Waals surface area contributed by atoms with Crippen LogP contribution in [0.2, 0.25) is 0 Å². The van der Waals surface area contributed by atoms with Gasteiger partial charge >= 0.3 is 0 Å². The molecule has 1 fully saturated rings. The Labute approximate surface area is 107 Å². The highest BCUT2D eigenvalue weighted by atomic mass is 19.1. The molecule has 0 spiro atoms. The van der Waals surface area contributed by atoms with Crippen molar-refractivity contribution in [3.8, 4) is 0 Å². The molecule has 100 valence electrons. The second-order valence-corrected chi connectivity index (χ2v) is 4.53. The van der Waals surface area contributed by atoms with Crippen molar-refractivity contribution in [2.75, 3.05) is 57.1 Å². The van der Waals surface area contributed by atoms with Crippen molar-refractivity contribution >= 4 is 11.4 Å². The third-order valence-corrected chi connectivity index (χ3v) is 3.30. The monoisotopic (exact) mass is 253 g/mol. The molecule has 0 bridgehead atoms. The van der Waals surface area contributed by atoms with E-state index in [0.717, 1.165) is 39.3 Å². The number of hydrogen-bond donors (Lipinski definition) is 1. The molecule has 1 aromatic carbocycles. The van der Waals surface area contributed by atoms with E-state index in [4.69, 9.17) is 10.5 Å². The van der Waals surface area contributed by atoms with Crippen LogP contribution in [0.15, 0.2) is 18.2 Å². The van der Waals surface area contributed by atoms with Gasteiger partial charge in [0, 0.05) is 45.5 Å². The second-order valence-electron chi connectivity index (χ2n) is 4.53. The van der Waals surface area contributed by atoms with Crippen LogP contribution in [0.1, 0.15) is 0 Å². The summed E-state index contributed by atoms with van der Waals surface area (Å²) in [5, 5.41) is 0. The molecule has 0 aliphatic carbocycles. The standard InChI is InChI=1S/C13H20FN3O/c1-18-9-8-16-4-6-17(7-5-16)13-3-2-11(15)10-12(13)14/h2-3,10H,4-9,15H2,1H3. The van der Waals surface area contributed by atoms with Crippen molar-refractivity contribution in [2.24, 2.45) is 0 Å². The van der Waals surface area contributed by atoms with Crippen LogP contribution in [-0.4, -0.2) is 51.3 Å². The van der Waals surface area contributed by atoms with Gasteiger partial charge in [-0.2, -0.15) is 0 Å². The summed E-state index contributed by atoms with van der Waals surface area (Å²) in [6.45, 7) is 5.24. The predicted molar refractivity (Wildman–Crippen MR) is 71.3 cm³/mol. The molecule has 0 atom stereocenters. The molecule has 2 rings (SSSR count). The number of nitrogens with two attached hydrogens (primary N) is 1. The lowest BCUT2D eigenvalue weighted by Gasteiger charge is -2.36. The molecular formula is C13H20FN3O. The number of hydrogen-bond acceptors (Lipinski definition) is 4. The maximum atomic E-state index is 13.8. The van der Waals surface area contributed by atoms with Crippen LogP contribution in [0.4, 0.5) is 15.8 Å². The van der Waals surface area contributed by atoms with Gasteiger partial charge in [0.2, 0.25) is 0 Å². The van der Waals surface area contributed by atoms with Gasteiger partial charge in [-0.3, -0.25) is 4.90 Å². The first kappa shape index (κ1) is 13.1. The Morgan fingerprint density at radius 3 is 2.61 bits per heavy atom. The zero-order chi connectivity index (χ0) is 13.0. The number of piperazine rings is 1. The number of halogens is 1. The molecule has 1 heterocycles. The zero-order valence-corrected chi connectivity index (χ0v) is 10.7. The minimum atomic E-state index is -0.236. The number of nitrogens with zero attached hydrogens (tertiary/aromatic N) is 2. The lowest BCUT2D eigenvalue weighted by atomic mass is 10.2. The Balaban J connectivity index is 1.93. The highest BCUT2D eigenvalue weighted by Gasteiger charge is 2.19. The summed E-state index contributed by atoms with van der Waals surface area (Å²) in [6, 6.07) is 4.89. The lowest BCUT2D eigenvalue weighted by molar-refractivity contribution is 0.144. The second kappa shape index (κ2) is 6.02. The first-order valence-electron chi connectivity index (χ1n) is 6.22. The van der Waals surface area contributed by atoms with Crippen molar-refractivity contribution in [3.05, 3.63) is 24.0 Å². The summed E-state index contributed by atoms with van der Waals surface area (Å²) >= 11 is 0. The minimum Gasteiger partial charge on any atom is -0.399 e. The maximum absolute atomic E-state index is 13.8. The zero-order valence-electron chi connectivity index (χ0n) is 10.7. The van der Waals surface area contributed by atoms with Crippen LogP contribution >= 0.6 is 0 Å². The molecule has 0 radical (unpaired) electrons. The fourth-order valence-electron chi connectivity index (χ4n) is 2.21. The third kappa shape index (κ3) is 3.11. The summed E-state index contributed by atoms with van der Waals surface area (Å²) in [6.07, 6.45) is 0. The summed E-state index contributed by atoms with van der Waals surface area (Å²) in [5.41, 5.74) is 6.67. The molecule has 5 heteroatoms. The van der Waals surface area contributed by atoms with Crippen molar-refractivity contribution in [2.45, 2.75) is 0 Å². The maximum Gasteiger partial charge on any atom is 0.148 e. The molecule has 2 N–H and O–H groups in total. The Bertz CT molecular complexity index is 392. The minimum absolute atomic E-state index is 0.236. The molecule has 0 saturated carbocycles. The van der Waals surface area contributed by atoms with Crippen LogP contribution in [0.3, 0.4) is 0 Å². The Hall–Kier alpha value is -1.33. The van der Waals surface area contributed by atoms with Crippen LogP contribution in [-0.2, 0) is 4.74 Å². The summed E-state index contributed by atoms with van der Waals surface area (Å²) < 4.78 is 18.8. The smallest absolute Gasteiger partial charge is 0.148 e. The van der Waals surface area contributed by atoms with Gasteiger partial charge < -0.3 is 15.4 Å². The molecular weight excluding hydrogens is 233 g/mol. The Morgan fingerprint density at radius 1 is 1.28 bits per heavy atom. The molecule has 0 unspecified atom stereocenters. The predicted octanol–water partition coefficient (Wildman–Crippen LogP) is 1.18. The average molecular weight is 253 g/mol. The number of methoxy groups -OCH3 is 1. The first-order valence-corrected chi connectivity index (χ1v) is 6.22. The number of rotatable bonds is 4. The quantitative estimate of drug-likeness (QED) is 0.818. The number of anilines is 2. The van der Waals surface area contributed by atoms with E-state index in [2.05, 4.69) is 9.80 Å². The third-order valence-electron chi connectivity index (χ3n) is 3.30. The van der Waals surface area contributed by atoms with E-state index in [9.17, 15) is 4.39 Å². The van der Waals surface area contributed by atoms with Crippen molar-refractivity contribution in [1.82, 2.24) is 4.90 Å². The SMILES string of the molecule is COCCN1CCN(c2ccc(N)cc2F)CC1. The van der Waals surface area contributed by atoms with E-state index in [1.807, 2.05) is 0 Å². The van der Waals surface area contributed by atoms with Gasteiger partial charge in [-0.1, -0.05) is 0 Å². The van der Waals surface area contributed by atoms with E-state index >= 15 is 0 Å². The number of benzene rings is 1. The number of nitrogen functional groups attached to an aromatic ring is 1. The van der Waals surface area contributed by atoms with Gasteiger partial charge in [0.15, 0.2) is 0 Å². The normalized spacial score (nSPS) is 17.1. The summed E-state index contributed by atoms with van der Waals surface area (Å²) in [7, 11) is 1.71. The van der Waals surface area contributed by atoms with Gasteiger partial charge in [0.25, 0.3) is 0 Å². The van der Waals surface area contributed by atoms with Crippen LogP contribution in [0, 0.1) is 5.82 Å². The van der Waals surface area contributed by atoms with Crippen molar-refractivity contribution < 1.29 is 9.13 Å². The lowest BCUT2D eigenvalue weighted by Crippen LogP contribution is -2.47. The van der Waals surface area contributed by atoms with E-state index < -0.39 is 0 Å². The fourth-order valence-corrected chi connectivity index (χ4v) is 2.21. The Kier molecular flexibility index (Phi) is 4.38. The van der Waals surface area contributed by atoms with Crippen LogP contribution < -0.4 is 10.6 Å². The van der Waals surface area contributed by atoms with Crippen LogP contribution in [0.5, 0.6) is 0 Å². The summed E-state index contributed by atoms with van der Waals surface area (Å²) in [4.78, 5) is 4.40. The topological polar surface area (TPSA) is 41.7 Å². The Morgan fingerprint density at radius 2 is 2.00 bits per heavy atom. The van der Waals surface area contributed by atoms with E-state index in [1.165, 1.54) is 6.07 Å². The summed E-state index contributed by atoms with van der Waals surface area (Å²) in [5.74, 6) is -0.236. The van der Waals surface area contributed by atoms with Gasteiger partial charge in [-0.25, -0.2) is 4.39 Å². The van der Waals surface area contributed by atoms with E-state index in [1.54, 1.807) is 19.2 Å². The molecule has 1 aliphatic rings. The van der Waals surface area contributed by atoms with Gasteiger partial charge in [0.1, 0.15) is 5.82 Å². The molecule has 18 heavy (non-hydrogen) atoms. The van der Waals surface area contributed by atoms with Crippen LogP contribution in [0.25, 0.3) is 0 Å². The van der Waals surface area contributed by atoms with E-state index in [-0.39, 0.29) is 5.82 Å². The van der Waals surface area contributed by atoms with Crippen molar-refractivity contribution in [1.29, 1.82) is 0 Å². The van der Waals surface area contributed by atoms with Gasteiger partial charge in [-0.15, -0.1) is 0 Å². The largest absolute Gasteiger partial charge is 0.399 e. The van der Waals surface area contributed by atoms with Crippen molar-refractivity contribution in [3.63, 3.8) is 0 Å². The highest BCUT2D eigenvalue weighted by Crippen LogP contribution is 2.22. The van der Waals surface area contributed by atoms with Gasteiger partial charge in [-0.05, 0) is 18.2 Å². The molecule has 1 saturated heterocycles. The number of ether oxygens (including phenoxy) is 1. The average Bonchev–Trinajstić information content (AvgIpc) is 2.37. The van der Waals surface area contributed by atoms with Gasteiger partial charge in [0.05, 0.1) is 12.3 Å². The first-order chi connectivity index (χ1) is 8.70. The van der Waals surface area contributed by atoms with E-state index in [0.29, 0.717) is 11.4 Å². The fraction of sp³-hybridized carbons (Fsp3) is 0.538. The molecule has 0 amide bonds. The molecule has 0 aromatic heterocycles. The highest BCUT2D eigenvalue weighted by molar-refractivity contribution is 5.54. The molecule has 1 aromatic rings. The molecule has 4 nitrogen and oxygen atoms in total. The molecule has 1 aliphatic heterocycles.